The van der Waals surface area contributed by atoms with E-state index in [-0.39, 0.29) is 36.0 Å². The van der Waals surface area contributed by atoms with Crippen LogP contribution in [0.15, 0.2) is 61.1 Å². The second-order valence-corrected chi connectivity index (χ2v) is 6.55. The molecular formula is C20H21N4NaO5. The Balaban J connectivity index is 0.00000320. The Hall–Kier alpha value is -2.88. The molecule has 0 saturated carbocycles. The number of carbonyl (C=O) groups excluding carboxylic acids is 3. The molecule has 3 amide bonds. The molecule has 0 aliphatic carbocycles. The number of amides is 3. The number of urea groups is 1. The second-order valence-electron chi connectivity index (χ2n) is 6.55. The number of carbonyl (C=O) groups is 4. The van der Waals surface area contributed by atoms with Crippen LogP contribution in [-0.4, -0.2) is 80.9 Å². The molecule has 152 valence electrons. The first kappa shape index (κ1) is 23.4. The van der Waals surface area contributed by atoms with Crippen molar-refractivity contribution in [3.63, 3.8) is 0 Å². The Bertz CT molecular complexity index is 973. The fourth-order valence-corrected chi connectivity index (χ4v) is 2.98. The first-order chi connectivity index (χ1) is 13.8. The van der Waals surface area contributed by atoms with Gasteiger partial charge in [-0.3, -0.25) is 14.4 Å². The van der Waals surface area contributed by atoms with Crippen molar-refractivity contribution in [1.82, 2.24) is 20.1 Å². The van der Waals surface area contributed by atoms with Gasteiger partial charge >= 0.3 is 41.6 Å². The fraction of sp³-hybridized carbons (Fsp3) is 0.200. The Morgan fingerprint density at radius 2 is 1.87 bits per heavy atom. The number of likely N-dealkylation sites (N-methyl/N-ethyl adjacent to an activating group) is 1. The van der Waals surface area contributed by atoms with E-state index in [1.54, 1.807) is 18.2 Å². The molecule has 3 rings (SSSR count). The van der Waals surface area contributed by atoms with Gasteiger partial charge in [0.1, 0.15) is 0 Å². The van der Waals surface area contributed by atoms with Crippen LogP contribution in [0.25, 0.3) is 5.69 Å². The number of hydrogen-bond acceptors (Lipinski definition) is 4. The fourth-order valence-electron chi connectivity index (χ4n) is 2.98. The molecule has 2 aromatic rings. The molecular weight excluding hydrogens is 399 g/mol. The number of benzene rings is 1. The average Bonchev–Trinajstić information content (AvgIpc) is 3.22. The zero-order valence-corrected chi connectivity index (χ0v) is 15.6. The molecule has 9 nitrogen and oxygen atoms in total. The number of rotatable bonds is 6. The summed E-state index contributed by atoms with van der Waals surface area (Å²) in [5.74, 6) is -2.22. The molecule has 2 atom stereocenters. The third kappa shape index (κ3) is 5.59. The van der Waals surface area contributed by atoms with Gasteiger partial charge in [0.15, 0.2) is 11.8 Å². The summed E-state index contributed by atoms with van der Waals surface area (Å²) in [5.41, 5.74) is 1.38. The molecule has 10 heteroatoms. The average molecular weight is 420 g/mol. The molecule has 0 spiro atoms. The van der Waals surface area contributed by atoms with Crippen LogP contribution >= 0.6 is 0 Å². The van der Waals surface area contributed by atoms with Crippen LogP contribution in [0.1, 0.15) is 18.0 Å². The third-order valence-electron chi connectivity index (χ3n) is 4.48. The quantitative estimate of drug-likeness (QED) is 0.466. The van der Waals surface area contributed by atoms with Crippen LogP contribution in [0.4, 0.5) is 4.79 Å². The van der Waals surface area contributed by atoms with Crippen molar-refractivity contribution in [1.29, 1.82) is 0 Å². The van der Waals surface area contributed by atoms with Gasteiger partial charge in [0.05, 0.1) is 12.5 Å². The summed E-state index contributed by atoms with van der Waals surface area (Å²) in [7, 11) is 1.47. The maximum absolute atomic E-state index is 12.4. The molecule has 0 bridgehead atoms. The van der Waals surface area contributed by atoms with E-state index < -0.39 is 35.8 Å². The topological polar surface area (TPSA) is 121 Å². The molecule has 0 saturated heterocycles. The van der Waals surface area contributed by atoms with Crippen LogP contribution in [0.2, 0.25) is 0 Å². The summed E-state index contributed by atoms with van der Waals surface area (Å²) >= 11 is 0. The van der Waals surface area contributed by atoms with E-state index in [1.165, 1.54) is 24.2 Å². The summed E-state index contributed by atoms with van der Waals surface area (Å²) in [6.45, 7) is 0. The second kappa shape index (κ2) is 10.2. The van der Waals surface area contributed by atoms with Crippen molar-refractivity contribution < 1.29 is 24.3 Å². The van der Waals surface area contributed by atoms with Gasteiger partial charge in [-0.2, -0.15) is 0 Å². The van der Waals surface area contributed by atoms with E-state index in [4.69, 9.17) is 0 Å². The van der Waals surface area contributed by atoms with Crippen molar-refractivity contribution >= 4 is 53.2 Å². The predicted molar refractivity (Wildman–Crippen MR) is 110 cm³/mol. The Kier molecular flexibility index (Phi) is 7.99. The number of carboxylic acids is 1. The molecule has 1 aromatic carbocycles. The van der Waals surface area contributed by atoms with E-state index >= 15 is 0 Å². The van der Waals surface area contributed by atoms with Crippen LogP contribution in [0, 0.1) is 0 Å². The molecule has 1 aliphatic heterocycles. The number of ketones is 1. The number of nitrogens with one attached hydrogen (secondary N) is 2. The Morgan fingerprint density at radius 1 is 1.17 bits per heavy atom. The van der Waals surface area contributed by atoms with Crippen LogP contribution in [0.3, 0.4) is 0 Å². The molecule has 0 radical (unpaired) electrons. The SMILES string of the molecule is CN1C=CC(=O)C(NC(=O)N[C@@H](CC(=O)O)c2cccc(-n3cccc3)c2)C1=O.[NaH]. The summed E-state index contributed by atoms with van der Waals surface area (Å²) in [6.07, 6.45) is 5.84. The van der Waals surface area contributed by atoms with Gasteiger partial charge in [0.25, 0.3) is 5.91 Å². The Morgan fingerprint density at radius 3 is 2.53 bits per heavy atom. The first-order valence-electron chi connectivity index (χ1n) is 8.86. The molecule has 1 unspecified atom stereocenters. The van der Waals surface area contributed by atoms with Gasteiger partial charge < -0.3 is 25.2 Å². The number of aliphatic carboxylic acids is 1. The van der Waals surface area contributed by atoms with Crippen molar-refractivity contribution in [2.45, 2.75) is 18.5 Å². The van der Waals surface area contributed by atoms with Gasteiger partial charge in [-0.25, -0.2) is 4.79 Å². The van der Waals surface area contributed by atoms with E-state index in [0.29, 0.717) is 5.56 Å². The minimum atomic E-state index is -1.35. The maximum atomic E-state index is 12.4. The zero-order chi connectivity index (χ0) is 21.0. The predicted octanol–water partition coefficient (Wildman–Crippen LogP) is 0.567. The molecule has 1 aromatic heterocycles. The minimum absolute atomic E-state index is 0. The normalized spacial score (nSPS) is 16.6. The number of carboxylic acid groups (broad SMARTS) is 1. The number of hydrogen-bond donors (Lipinski definition) is 3. The summed E-state index contributed by atoms with van der Waals surface area (Å²) in [6, 6.07) is 7.78. The van der Waals surface area contributed by atoms with E-state index in [0.717, 1.165) is 5.69 Å². The van der Waals surface area contributed by atoms with E-state index in [2.05, 4.69) is 10.6 Å². The van der Waals surface area contributed by atoms with Crippen LogP contribution in [0.5, 0.6) is 0 Å². The first-order valence-corrected chi connectivity index (χ1v) is 8.86. The van der Waals surface area contributed by atoms with E-state index in [1.807, 2.05) is 35.2 Å². The summed E-state index contributed by atoms with van der Waals surface area (Å²) in [4.78, 5) is 48.9. The van der Waals surface area contributed by atoms with Crippen LogP contribution in [-0.2, 0) is 14.4 Å². The van der Waals surface area contributed by atoms with E-state index in [9.17, 15) is 24.3 Å². The van der Waals surface area contributed by atoms with Crippen molar-refractivity contribution in [2.75, 3.05) is 7.05 Å². The van der Waals surface area contributed by atoms with Crippen molar-refractivity contribution in [3.8, 4) is 5.69 Å². The van der Waals surface area contributed by atoms with Gasteiger partial charge in [0.2, 0.25) is 0 Å². The van der Waals surface area contributed by atoms with Crippen molar-refractivity contribution in [2.24, 2.45) is 0 Å². The molecule has 30 heavy (non-hydrogen) atoms. The Labute approximate surface area is 195 Å². The number of nitrogens with zero attached hydrogens (tertiary/aromatic N) is 2. The molecule has 0 fully saturated rings. The summed E-state index contributed by atoms with van der Waals surface area (Å²) in [5, 5.41) is 14.1. The van der Waals surface area contributed by atoms with Crippen LogP contribution < -0.4 is 10.6 Å². The number of aromatic nitrogens is 1. The van der Waals surface area contributed by atoms with Gasteiger partial charge in [-0.05, 0) is 29.8 Å². The third-order valence-corrected chi connectivity index (χ3v) is 4.48. The molecule has 2 heterocycles. The van der Waals surface area contributed by atoms with Crippen molar-refractivity contribution in [3.05, 3.63) is 66.6 Å². The zero-order valence-electron chi connectivity index (χ0n) is 15.6. The van der Waals surface area contributed by atoms with Gasteiger partial charge in [-0.15, -0.1) is 0 Å². The monoisotopic (exact) mass is 420 g/mol. The van der Waals surface area contributed by atoms with Gasteiger partial charge in [0, 0.05) is 37.4 Å². The standard InChI is InChI=1S/C20H20N4O5.Na.H/c1-23-10-7-16(25)18(19(23)28)22-20(29)21-15(12-17(26)27)13-5-4-6-14(11-13)24-8-2-3-9-24;;/h2-11,15,18H,12H2,1H3,(H,26,27)(H2,21,22,29);;/t15-,18?;;/m0../s1. The molecule has 3 N–H and O–H groups in total. The van der Waals surface area contributed by atoms with Gasteiger partial charge in [-0.1, -0.05) is 12.1 Å². The summed E-state index contributed by atoms with van der Waals surface area (Å²) < 4.78 is 1.85. The molecule has 1 aliphatic rings.